The number of hydrogen-bond donors (Lipinski definition) is 0. The van der Waals surface area contributed by atoms with Crippen LogP contribution in [0.5, 0.6) is 0 Å². The fourth-order valence-electron chi connectivity index (χ4n) is 1.94. The standard InChI is InChI=1S/C12H24Cl2O/c1-4-15-7-5-6-12(9-13,10-14)8-11(2)3/h11H,4-10H2,1-3H3. The van der Waals surface area contributed by atoms with E-state index in [1.54, 1.807) is 0 Å². The molecule has 3 heteroatoms. The van der Waals surface area contributed by atoms with Crippen LogP contribution in [0.15, 0.2) is 0 Å². The van der Waals surface area contributed by atoms with Gasteiger partial charge in [-0.05, 0) is 37.5 Å². The Morgan fingerprint density at radius 3 is 2.20 bits per heavy atom. The molecule has 0 N–H and O–H groups in total. The molecule has 0 aliphatic carbocycles. The van der Waals surface area contributed by atoms with E-state index in [9.17, 15) is 0 Å². The minimum absolute atomic E-state index is 0.106. The Hall–Kier alpha value is 0.540. The molecule has 15 heavy (non-hydrogen) atoms. The van der Waals surface area contributed by atoms with Gasteiger partial charge in [0.2, 0.25) is 0 Å². The molecule has 0 aromatic rings. The van der Waals surface area contributed by atoms with Crippen LogP contribution in [0.2, 0.25) is 0 Å². The second-order valence-electron chi connectivity index (χ2n) is 4.67. The molecule has 0 unspecified atom stereocenters. The predicted molar refractivity (Wildman–Crippen MR) is 69.1 cm³/mol. The topological polar surface area (TPSA) is 9.23 Å². The van der Waals surface area contributed by atoms with Gasteiger partial charge in [0.1, 0.15) is 0 Å². The Labute approximate surface area is 104 Å². The third-order valence-corrected chi connectivity index (χ3v) is 3.74. The lowest BCUT2D eigenvalue weighted by atomic mass is 9.80. The van der Waals surface area contributed by atoms with Gasteiger partial charge in [-0.2, -0.15) is 0 Å². The molecule has 0 fully saturated rings. The maximum Gasteiger partial charge on any atom is 0.0466 e. The maximum atomic E-state index is 6.06. The SMILES string of the molecule is CCOCCCC(CCl)(CCl)CC(C)C. The third-order valence-electron chi connectivity index (χ3n) is 2.61. The largest absolute Gasteiger partial charge is 0.382 e. The van der Waals surface area contributed by atoms with E-state index in [1.807, 2.05) is 6.92 Å². The molecule has 0 aliphatic heterocycles. The van der Waals surface area contributed by atoms with Crippen molar-refractivity contribution in [3.63, 3.8) is 0 Å². The first kappa shape index (κ1) is 15.5. The summed E-state index contributed by atoms with van der Waals surface area (Å²) in [4.78, 5) is 0. The van der Waals surface area contributed by atoms with E-state index in [2.05, 4.69) is 13.8 Å². The summed E-state index contributed by atoms with van der Waals surface area (Å²) in [5, 5.41) is 0. The lowest BCUT2D eigenvalue weighted by Gasteiger charge is -2.31. The molecular weight excluding hydrogens is 231 g/mol. The molecule has 92 valence electrons. The number of halogens is 2. The third kappa shape index (κ3) is 6.65. The second kappa shape index (κ2) is 8.66. The molecular formula is C12H24Cl2O. The van der Waals surface area contributed by atoms with Crippen molar-refractivity contribution in [1.82, 2.24) is 0 Å². The van der Waals surface area contributed by atoms with Crippen molar-refractivity contribution in [2.24, 2.45) is 11.3 Å². The van der Waals surface area contributed by atoms with Gasteiger partial charge in [-0.1, -0.05) is 13.8 Å². The number of hydrogen-bond acceptors (Lipinski definition) is 1. The van der Waals surface area contributed by atoms with Crippen molar-refractivity contribution in [3.05, 3.63) is 0 Å². The molecule has 0 atom stereocenters. The van der Waals surface area contributed by atoms with Crippen LogP contribution in [0, 0.1) is 11.3 Å². The summed E-state index contributed by atoms with van der Waals surface area (Å²) >= 11 is 12.1. The zero-order valence-electron chi connectivity index (χ0n) is 10.2. The molecule has 0 heterocycles. The van der Waals surface area contributed by atoms with Crippen molar-refractivity contribution >= 4 is 23.2 Å². The number of alkyl halides is 2. The highest BCUT2D eigenvalue weighted by molar-refractivity contribution is 6.21. The lowest BCUT2D eigenvalue weighted by Crippen LogP contribution is -2.27. The summed E-state index contributed by atoms with van der Waals surface area (Å²) < 4.78 is 5.34. The van der Waals surface area contributed by atoms with Crippen LogP contribution in [0.25, 0.3) is 0 Å². The molecule has 0 aromatic carbocycles. The zero-order valence-corrected chi connectivity index (χ0v) is 11.7. The Balaban J connectivity index is 4.00. The molecule has 0 spiro atoms. The molecule has 0 rings (SSSR count). The van der Waals surface area contributed by atoms with Crippen LogP contribution in [-0.2, 0) is 4.74 Å². The summed E-state index contributed by atoms with van der Waals surface area (Å²) in [6.45, 7) is 8.07. The molecule has 0 amide bonds. The van der Waals surface area contributed by atoms with E-state index in [1.165, 1.54) is 0 Å². The van der Waals surface area contributed by atoms with Crippen molar-refractivity contribution < 1.29 is 4.74 Å². The molecule has 0 saturated heterocycles. The fourth-order valence-corrected chi connectivity index (χ4v) is 2.71. The average Bonchev–Trinajstić information content (AvgIpc) is 2.22. The quantitative estimate of drug-likeness (QED) is 0.440. The minimum Gasteiger partial charge on any atom is -0.382 e. The van der Waals surface area contributed by atoms with E-state index in [4.69, 9.17) is 27.9 Å². The van der Waals surface area contributed by atoms with Crippen molar-refractivity contribution in [1.29, 1.82) is 0 Å². The summed E-state index contributed by atoms with van der Waals surface area (Å²) in [6.07, 6.45) is 3.23. The van der Waals surface area contributed by atoms with E-state index in [-0.39, 0.29) is 5.41 Å². The van der Waals surface area contributed by atoms with E-state index >= 15 is 0 Å². The van der Waals surface area contributed by atoms with Gasteiger partial charge in [-0.15, -0.1) is 23.2 Å². The number of rotatable bonds is 9. The van der Waals surface area contributed by atoms with Crippen LogP contribution in [-0.4, -0.2) is 25.0 Å². The van der Waals surface area contributed by atoms with E-state index < -0.39 is 0 Å². The molecule has 0 radical (unpaired) electrons. The molecule has 0 bridgehead atoms. The Kier molecular flexibility index (Phi) is 8.98. The number of ether oxygens (including phenoxy) is 1. The molecule has 0 saturated carbocycles. The van der Waals surface area contributed by atoms with Crippen molar-refractivity contribution in [2.45, 2.75) is 40.0 Å². The fraction of sp³-hybridized carbons (Fsp3) is 1.00. The first-order chi connectivity index (χ1) is 7.10. The average molecular weight is 255 g/mol. The molecule has 0 aliphatic rings. The first-order valence-electron chi connectivity index (χ1n) is 5.80. The van der Waals surface area contributed by atoms with Gasteiger partial charge in [0, 0.05) is 25.0 Å². The van der Waals surface area contributed by atoms with Gasteiger partial charge < -0.3 is 4.74 Å². The van der Waals surface area contributed by atoms with Gasteiger partial charge >= 0.3 is 0 Å². The van der Waals surface area contributed by atoms with E-state index in [0.29, 0.717) is 17.7 Å². The summed E-state index contributed by atoms with van der Waals surface area (Å²) in [6, 6.07) is 0. The summed E-state index contributed by atoms with van der Waals surface area (Å²) in [5.74, 6) is 1.95. The first-order valence-corrected chi connectivity index (χ1v) is 6.87. The summed E-state index contributed by atoms with van der Waals surface area (Å²) in [7, 11) is 0. The Bertz CT molecular complexity index is 145. The monoisotopic (exact) mass is 254 g/mol. The Morgan fingerprint density at radius 1 is 1.20 bits per heavy atom. The summed E-state index contributed by atoms with van der Waals surface area (Å²) in [5.41, 5.74) is 0.106. The highest BCUT2D eigenvalue weighted by Crippen LogP contribution is 2.34. The van der Waals surface area contributed by atoms with Crippen LogP contribution in [0.4, 0.5) is 0 Å². The molecule has 1 nitrogen and oxygen atoms in total. The minimum atomic E-state index is 0.106. The Morgan fingerprint density at radius 2 is 1.80 bits per heavy atom. The molecule has 0 aromatic heterocycles. The van der Waals surface area contributed by atoms with Gasteiger partial charge in [0.25, 0.3) is 0 Å². The van der Waals surface area contributed by atoms with Gasteiger partial charge in [-0.3, -0.25) is 0 Å². The van der Waals surface area contributed by atoms with Gasteiger partial charge in [-0.25, -0.2) is 0 Å². The highest BCUT2D eigenvalue weighted by Gasteiger charge is 2.28. The lowest BCUT2D eigenvalue weighted by molar-refractivity contribution is 0.130. The van der Waals surface area contributed by atoms with E-state index in [0.717, 1.165) is 32.5 Å². The second-order valence-corrected chi connectivity index (χ2v) is 5.20. The van der Waals surface area contributed by atoms with Crippen molar-refractivity contribution in [3.8, 4) is 0 Å². The normalized spacial score (nSPS) is 12.4. The smallest absolute Gasteiger partial charge is 0.0466 e. The van der Waals surface area contributed by atoms with Crippen LogP contribution in [0.3, 0.4) is 0 Å². The van der Waals surface area contributed by atoms with Crippen LogP contribution >= 0.6 is 23.2 Å². The van der Waals surface area contributed by atoms with Gasteiger partial charge in [0.15, 0.2) is 0 Å². The highest BCUT2D eigenvalue weighted by atomic mass is 35.5. The van der Waals surface area contributed by atoms with Gasteiger partial charge in [0.05, 0.1) is 0 Å². The van der Waals surface area contributed by atoms with Crippen molar-refractivity contribution in [2.75, 3.05) is 25.0 Å². The van der Waals surface area contributed by atoms with Crippen LogP contribution < -0.4 is 0 Å². The predicted octanol–water partition coefficient (Wildman–Crippen LogP) is 4.31. The zero-order chi connectivity index (χ0) is 11.7. The van der Waals surface area contributed by atoms with Crippen LogP contribution in [0.1, 0.15) is 40.0 Å². The maximum absolute atomic E-state index is 6.06.